The second-order valence-electron chi connectivity index (χ2n) is 5.01. The summed E-state index contributed by atoms with van der Waals surface area (Å²) in [6, 6.07) is 8.75. The fourth-order valence-electron chi connectivity index (χ4n) is 2.11. The van der Waals surface area contributed by atoms with Crippen LogP contribution in [0.3, 0.4) is 0 Å². The van der Waals surface area contributed by atoms with Gasteiger partial charge in [-0.3, -0.25) is 23.7 Å². The maximum atomic E-state index is 12.3. The van der Waals surface area contributed by atoms with Gasteiger partial charge in [0.1, 0.15) is 10.6 Å². The average molecular weight is 347 g/mol. The van der Waals surface area contributed by atoms with Crippen LogP contribution in [0.2, 0.25) is 0 Å². The molecule has 24 heavy (non-hydrogen) atoms. The number of aromatic hydroxyl groups is 1. The Labute approximate surface area is 142 Å². The molecule has 2 aromatic rings. The molecule has 8 heteroatoms. The van der Waals surface area contributed by atoms with E-state index in [0.29, 0.717) is 5.56 Å². The van der Waals surface area contributed by atoms with Crippen molar-refractivity contribution in [3.8, 4) is 5.88 Å². The average Bonchev–Trinajstić information content (AvgIpc) is 2.61. The van der Waals surface area contributed by atoms with Crippen molar-refractivity contribution in [2.45, 2.75) is 0 Å². The molecule has 0 saturated carbocycles. The van der Waals surface area contributed by atoms with Crippen molar-refractivity contribution < 1.29 is 9.90 Å². The molecule has 1 aromatic carbocycles. The second kappa shape index (κ2) is 7.31. The predicted octanol–water partition coefficient (Wildman–Crippen LogP) is 0.782. The van der Waals surface area contributed by atoms with Gasteiger partial charge < -0.3 is 5.11 Å². The van der Waals surface area contributed by atoms with E-state index in [9.17, 15) is 19.5 Å². The molecule has 1 N–H and O–H groups in total. The number of ketones is 1. The summed E-state index contributed by atoms with van der Waals surface area (Å²) in [7, 11) is 4.13. The summed E-state index contributed by atoms with van der Waals surface area (Å²) in [5.41, 5.74) is -0.830. The summed E-state index contributed by atoms with van der Waals surface area (Å²) in [4.78, 5) is 40.3. The molecule has 0 aliphatic rings. The Morgan fingerprint density at radius 1 is 1.17 bits per heavy atom. The number of hydrogen-bond acceptors (Lipinski definition) is 6. The van der Waals surface area contributed by atoms with E-state index in [1.165, 1.54) is 21.1 Å². The lowest BCUT2D eigenvalue weighted by Gasteiger charge is -2.11. The van der Waals surface area contributed by atoms with Gasteiger partial charge in [-0.15, -0.1) is 0 Å². The first-order valence-corrected chi connectivity index (χ1v) is 8.04. The predicted molar refractivity (Wildman–Crippen MR) is 94.3 cm³/mol. The molecule has 0 bridgehead atoms. The van der Waals surface area contributed by atoms with E-state index in [-0.39, 0.29) is 22.1 Å². The number of carbonyl (C=O) groups is 1. The van der Waals surface area contributed by atoms with Crippen LogP contribution in [0.5, 0.6) is 5.88 Å². The maximum absolute atomic E-state index is 12.3. The first kappa shape index (κ1) is 17.7. The molecule has 0 aliphatic carbocycles. The molecule has 0 aliphatic heterocycles. The third kappa shape index (κ3) is 3.33. The summed E-state index contributed by atoms with van der Waals surface area (Å²) >= 11 is 1.04. The summed E-state index contributed by atoms with van der Waals surface area (Å²) in [6.45, 7) is 0. The largest absolute Gasteiger partial charge is 0.494 e. The molecule has 7 nitrogen and oxygen atoms in total. The number of hydrogen-bond donors (Lipinski definition) is 1. The normalized spacial score (nSPS) is 11.5. The van der Waals surface area contributed by atoms with Gasteiger partial charge in [0.05, 0.1) is 5.75 Å². The Hall–Kier alpha value is -2.61. The summed E-state index contributed by atoms with van der Waals surface area (Å²) in [6.07, 6.45) is 0. The van der Waals surface area contributed by atoms with Gasteiger partial charge in [-0.1, -0.05) is 42.1 Å². The zero-order valence-corrected chi connectivity index (χ0v) is 14.3. The molecule has 2 rings (SSSR count). The molecule has 0 saturated heterocycles. The molecule has 0 atom stereocenters. The highest BCUT2D eigenvalue weighted by Crippen LogP contribution is 2.19. The van der Waals surface area contributed by atoms with Crippen LogP contribution in [0, 0.1) is 0 Å². The fraction of sp³-hybridized carbons (Fsp3) is 0.250. The van der Waals surface area contributed by atoms with Crippen LogP contribution >= 0.6 is 11.8 Å². The van der Waals surface area contributed by atoms with Gasteiger partial charge in [0.25, 0.3) is 5.56 Å². The molecule has 126 valence electrons. The number of Topliss-reactive ketones (excluding diaryl/α,β-unsaturated/α-hetero) is 1. The molecule has 0 amide bonds. The lowest BCUT2D eigenvalue weighted by Crippen LogP contribution is -2.39. The molecule has 1 heterocycles. The maximum Gasteiger partial charge on any atom is 0.333 e. The van der Waals surface area contributed by atoms with Gasteiger partial charge in [0.2, 0.25) is 5.88 Å². The molecule has 0 unspecified atom stereocenters. The van der Waals surface area contributed by atoms with E-state index in [1.54, 1.807) is 24.3 Å². The Kier molecular flexibility index (Phi) is 5.40. The molecular weight excluding hydrogens is 330 g/mol. The summed E-state index contributed by atoms with van der Waals surface area (Å²) < 4.78 is 1.85. The van der Waals surface area contributed by atoms with Crippen molar-refractivity contribution >= 4 is 22.6 Å². The second-order valence-corrected chi connectivity index (χ2v) is 5.98. The van der Waals surface area contributed by atoms with Gasteiger partial charge in [-0.25, -0.2) is 4.79 Å². The minimum atomic E-state index is -0.657. The standard InChI is InChI=1S/C16H17N3O4S/c1-17-13(24-9-11(20)10-7-5-4-6-8-10)12-14(21)18(2)16(23)19(3)15(12)22/h4-8,21H,9H2,1-3H3. The lowest BCUT2D eigenvalue weighted by atomic mass is 10.2. The van der Waals surface area contributed by atoms with E-state index in [2.05, 4.69) is 4.99 Å². The Morgan fingerprint density at radius 2 is 1.79 bits per heavy atom. The Balaban J connectivity index is 2.33. The molecular formula is C16H17N3O4S. The minimum absolute atomic E-state index is 0.0577. The van der Waals surface area contributed by atoms with Crippen molar-refractivity contribution in [3.05, 3.63) is 62.3 Å². The lowest BCUT2D eigenvalue weighted by molar-refractivity contribution is 0.102. The Bertz CT molecular complexity index is 913. The number of thioether (sulfide) groups is 1. The highest BCUT2D eigenvalue weighted by molar-refractivity contribution is 8.15. The SMILES string of the molecule is CN=C(SCC(=O)c1ccccc1)c1c(O)n(C)c(=O)n(C)c1=O. The van der Waals surface area contributed by atoms with E-state index in [0.717, 1.165) is 20.9 Å². The van der Waals surface area contributed by atoms with Gasteiger partial charge in [-0.2, -0.15) is 0 Å². The van der Waals surface area contributed by atoms with Gasteiger partial charge in [-0.05, 0) is 0 Å². The molecule has 1 aromatic heterocycles. The molecule has 0 spiro atoms. The van der Waals surface area contributed by atoms with Gasteiger partial charge >= 0.3 is 5.69 Å². The van der Waals surface area contributed by atoms with Crippen molar-refractivity contribution in [1.82, 2.24) is 9.13 Å². The van der Waals surface area contributed by atoms with E-state index >= 15 is 0 Å². The number of nitrogens with zero attached hydrogens (tertiary/aromatic N) is 3. The van der Waals surface area contributed by atoms with Crippen LogP contribution in [-0.4, -0.2) is 37.9 Å². The number of carbonyl (C=O) groups excluding carboxylic acids is 1. The topological polar surface area (TPSA) is 93.7 Å². The van der Waals surface area contributed by atoms with Gasteiger partial charge in [0.15, 0.2) is 5.78 Å². The highest BCUT2D eigenvalue weighted by atomic mass is 32.2. The van der Waals surface area contributed by atoms with E-state index in [1.807, 2.05) is 6.07 Å². The van der Waals surface area contributed by atoms with Crippen LogP contribution in [0.4, 0.5) is 0 Å². The fourth-order valence-corrected chi connectivity index (χ4v) is 3.00. The highest BCUT2D eigenvalue weighted by Gasteiger charge is 2.21. The minimum Gasteiger partial charge on any atom is -0.494 e. The number of rotatable bonds is 4. The van der Waals surface area contributed by atoms with E-state index < -0.39 is 17.1 Å². The zero-order valence-electron chi connectivity index (χ0n) is 13.5. The third-order valence-corrected chi connectivity index (χ3v) is 4.55. The van der Waals surface area contributed by atoms with Crippen LogP contribution in [0.25, 0.3) is 0 Å². The van der Waals surface area contributed by atoms with Crippen molar-refractivity contribution in [2.75, 3.05) is 12.8 Å². The summed E-state index contributed by atoms with van der Waals surface area (Å²) in [5, 5.41) is 10.3. The van der Waals surface area contributed by atoms with E-state index in [4.69, 9.17) is 0 Å². The number of aliphatic imine (C=N–C) groups is 1. The van der Waals surface area contributed by atoms with Crippen LogP contribution in [0.1, 0.15) is 15.9 Å². The summed E-state index contributed by atoms with van der Waals surface area (Å²) in [5.74, 6) is -0.534. The Morgan fingerprint density at radius 3 is 2.38 bits per heavy atom. The first-order valence-electron chi connectivity index (χ1n) is 7.05. The zero-order chi connectivity index (χ0) is 17.9. The molecule has 0 radical (unpaired) electrons. The van der Waals surface area contributed by atoms with Crippen molar-refractivity contribution in [3.63, 3.8) is 0 Å². The quantitative estimate of drug-likeness (QED) is 0.501. The van der Waals surface area contributed by atoms with Crippen LogP contribution in [0.15, 0.2) is 44.9 Å². The smallest absolute Gasteiger partial charge is 0.333 e. The van der Waals surface area contributed by atoms with Crippen LogP contribution < -0.4 is 11.2 Å². The third-order valence-electron chi connectivity index (χ3n) is 3.49. The number of aromatic nitrogens is 2. The van der Waals surface area contributed by atoms with Gasteiger partial charge in [0, 0.05) is 26.7 Å². The van der Waals surface area contributed by atoms with Crippen molar-refractivity contribution in [1.29, 1.82) is 0 Å². The molecule has 0 fully saturated rings. The van der Waals surface area contributed by atoms with Crippen LogP contribution in [-0.2, 0) is 14.1 Å². The first-order chi connectivity index (χ1) is 11.4. The van der Waals surface area contributed by atoms with Crippen molar-refractivity contribution in [2.24, 2.45) is 19.1 Å². The monoisotopic (exact) mass is 347 g/mol. The number of benzene rings is 1.